The summed E-state index contributed by atoms with van der Waals surface area (Å²) in [5, 5.41) is 0.751. The number of ketones is 1. The number of fused-ring (bicyclic) bond motifs is 8. The van der Waals surface area contributed by atoms with Gasteiger partial charge in [0, 0.05) is 96.4 Å². The summed E-state index contributed by atoms with van der Waals surface area (Å²) in [7, 11) is -0.701. The Labute approximate surface area is 569 Å². The highest BCUT2D eigenvalue weighted by Crippen LogP contribution is 2.53. The normalized spacial score (nSPS) is 34.9. The average Bonchev–Trinajstić information content (AvgIpc) is 1.26. The van der Waals surface area contributed by atoms with Gasteiger partial charge < -0.3 is 33.5 Å². The summed E-state index contributed by atoms with van der Waals surface area (Å²) in [4.78, 5) is 45.5. The minimum atomic E-state index is -3.00. The number of allylic oxidation sites excluding steroid dienone is 3. The summed E-state index contributed by atoms with van der Waals surface area (Å²) < 4.78 is 65.4. The van der Waals surface area contributed by atoms with Crippen LogP contribution in [0.25, 0.3) is 0 Å². The molecule has 18 heteroatoms. The molecule has 8 aliphatic rings. The number of methoxy groups -OCH3 is 3. The third-order valence-corrected chi connectivity index (χ3v) is 28.2. The van der Waals surface area contributed by atoms with Gasteiger partial charge >= 0.3 is 0 Å². The standard InChI is InChI=1S/C39H49ClN2O5S.C37H49ClN2O5S/c1-25(2)35(43)21-39(46-5)18-7-9-26(3)27(4)48(6,45)41-37(44)29-12-16-36-34(20-29)42(22-30-11-14-33(30)39)23-38(24-47-36)17-8-10-28-19-31(40)13-15-32(28)38;1-24-9-7-18-37(44-5,26(3)43-4)32-14-11-29(32)21-40-22-36(17-8-10-27-19-30(38)13-15-31(27)36)23-45-34-16-12-28(20-33(34)40)35(41)39-46(6,42)25(24)2/h7,12-13,15-16,18-20,26-27,30,33H,1,6,8-11,14,17,21-24H2,2-5H3,(H,41,44,45);7,12-13,15-16,18-20,24-26,29,32H,6,8-11,14,17,21-23H2,1-5H3,(H,39,41,42)/b2*18-7+/t26-,27+,30-,33+,38-,39+,48?;24-,25+,26-,29-,32+,36-,37+,46?/m00/s1. The lowest BCUT2D eigenvalue weighted by atomic mass is 9.62. The van der Waals surface area contributed by atoms with E-state index in [-0.39, 0.29) is 69.9 Å². The van der Waals surface area contributed by atoms with Gasteiger partial charge in [-0.3, -0.25) is 23.8 Å². The number of amides is 2. The molecule has 4 aliphatic heterocycles. The van der Waals surface area contributed by atoms with Crippen LogP contribution in [0.4, 0.5) is 11.4 Å². The van der Waals surface area contributed by atoms with Crippen LogP contribution in [0.1, 0.15) is 155 Å². The number of hydrogen-bond acceptors (Lipinski definition) is 12. The van der Waals surface area contributed by atoms with E-state index in [0.717, 1.165) is 104 Å². The van der Waals surface area contributed by atoms with E-state index in [2.05, 4.69) is 100.0 Å². The minimum absolute atomic E-state index is 0.0129. The van der Waals surface area contributed by atoms with E-state index in [0.29, 0.717) is 67.5 Å². The fourth-order valence-corrected chi connectivity index (χ4v) is 20.1. The number of benzene rings is 4. The molecule has 4 heterocycles. The average molecular weight is 1360 g/mol. The maximum atomic E-state index is 13.9. The zero-order chi connectivity index (χ0) is 67.3. The molecule has 2 saturated carbocycles. The lowest BCUT2D eigenvalue weighted by molar-refractivity contribution is -0.146. The van der Waals surface area contributed by atoms with Gasteiger partial charge in [0.15, 0.2) is 5.78 Å². The highest BCUT2D eigenvalue weighted by molar-refractivity contribution is 7.99. The molecule has 0 radical (unpaired) electrons. The van der Waals surface area contributed by atoms with E-state index in [1.165, 1.54) is 22.3 Å². The first-order valence-corrected chi connectivity index (χ1v) is 38.2. The Balaban J connectivity index is 0.000000192. The molecule has 14 nitrogen and oxygen atoms in total. The quantitative estimate of drug-likeness (QED) is 0.102. The Morgan fingerprint density at radius 2 is 1.14 bits per heavy atom. The number of aryl methyl sites for hydroxylation is 2. The van der Waals surface area contributed by atoms with E-state index < -0.39 is 41.8 Å². The first-order chi connectivity index (χ1) is 44.7. The second-order valence-corrected chi connectivity index (χ2v) is 34.6. The van der Waals surface area contributed by atoms with Gasteiger partial charge in [0.1, 0.15) is 17.1 Å². The molecule has 2 spiro atoms. The molecule has 4 bridgehead atoms. The summed E-state index contributed by atoms with van der Waals surface area (Å²) in [5.41, 5.74) is 6.29. The molecule has 4 aliphatic carbocycles. The van der Waals surface area contributed by atoms with Crippen molar-refractivity contribution in [3.8, 4) is 11.5 Å². The SMILES string of the molecule is C=C(C)C(=O)C[C@]1(OC)/C=C/C[C@H](C)[C@@H](C)S(=C)(=O)NC(=O)c2ccc3c(c2)N(C[C@@H]2CC[C@H]21)C[C@@]1(CCCc2cc(Cl)ccc21)CO3.C=S1(=O)NC(=O)c2ccc3c(c2)N(C[C@@H]2CC[C@H]2[C@](OC)([C@H](C)OC)/C=C/C[C@H](C)[C@H]1C)C[C@@]1(CCCc2cc(Cl)ccc21)CO3. The third-order valence-electron chi connectivity index (χ3n) is 23.3. The first kappa shape index (κ1) is 69.8. The van der Waals surface area contributed by atoms with Crippen molar-refractivity contribution in [3.63, 3.8) is 0 Å². The van der Waals surface area contributed by atoms with Gasteiger partial charge in [0.25, 0.3) is 11.8 Å². The molecule has 508 valence electrons. The number of nitrogens with zero attached hydrogens (tertiary/aromatic N) is 2. The van der Waals surface area contributed by atoms with Crippen LogP contribution >= 0.6 is 23.2 Å². The van der Waals surface area contributed by atoms with Crippen LogP contribution in [0, 0.1) is 35.5 Å². The van der Waals surface area contributed by atoms with Crippen molar-refractivity contribution in [1.29, 1.82) is 0 Å². The third kappa shape index (κ3) is 13.6. The topological polar surface area (TPSA) is 162 Å². The van der Waals surface area contributed by atoms with Crippen molar-refractivity contribution >= 4 is 83.3 Å². The van der Waals surface area contributed by atoms with Crippen LogP contribution in [-0.4, -0.2) is 126 Å². The van der Waals surface area contributed by atoms with E-state index in [1.807, 2.05) is 57.2 Å². The van der Waals surface area contributed by atoms with Crippen LogP contribution in [0.2, 0.25) is 10.0 Å². The number of halogens is 2. The highest BCUT2D eigenvalue weighted by Gasteiger charge is 2.53. The highest BCUT2D eigenvalue weighted by atomic mass is 35.5. The summed E-state index contributed by atoms with van der Waals surface area (Å²) >= 11 is 12.9. The van der Waals surface area contributed by atoms with Crippen molar-refractivity contribution in [3.05, 3.63) is 153 Å². The fraction of sp³-hybridized carbons (Fsp3) is 0.539. The molecule has 4 aromatic carbocycles. The Morgan fingerprint density at radius 3 is 1.56 bits per heavy atom. The van der Waals surface area contributed by atoms with Crippen molar-refractivity contribution < 1.29 is 46.5 Å². The number of nitrogens with one attached hydrogen (secondary N) is 2. The molecular weight excluding hydrogens is 1260 g/mol. The van der Waals surface area contributed by atoms with Crippen LogP contribution in [0.5, 0.6) is 11.5 Å². The molecule has 0 saturated heterocycles. The molecule has 2 N–H and O–H groups in total. The fourth-order valence-electron chi connectivity index (χ4n) is 16.7. The Hall–Kier alpha value is -5.59. The van der Waals surface area contributed by atoms with E-state index >= 15 is 0 Å². The lowest BCUT2D eigenvalue weighted by Gasteiger charge is -2.52. The molecule has 94 heavy (non-hydrogen) atoms. The monoisotopic (exact) mass is 1360 g/mol. The summed E-state index contributed by atoms with van der Waals surface area (Å²) in [5.74, 6) is 9.52. The number of carbonyl (C=O) groups is 3. The maximum absolute atomic E-state index is 13.9. The second-order valence-electron chi connectivity index (χ2n) is 28.9. The summed E-state index contributed by atoms with van der Waals surface area (Å²) in [6.45, 7) is 19.6. The van der Waals surface area contributed by atoms with Crippen LogP contribution < -0.4 is 28.7 Å². The number of anilines is 2. The minimum Gasteiger partial charge on any atom is -0.490 e. The zero-order valence-electron chi connectivity index (χ0n) is 56.5. The van der Waals surface area contributed by atoms with Gasteiger partial charge in [-0.15, -0.1) is 0 Å². The summed E-state index contributed by atoms with van der Waals surface area (Å²) in [6.07, 6.45) is 19.8. The smallest absolute Gasteiger partial charge is 0.262 e. The van der Waals surface area contributed by atoms with E-state index in [4.69, 9.17) is 46.9 Å². The molecule has 12 rings (SSSR count). The van der Waals surface area contributed by atoms with Gasteiger partial charge in [-0.05, 0) is 240 Å². The van der Waals surface area contributed by atoms with Crippen molar-refractivity contribution in [2.45, 2.75) is 164 Å². The summed E-state index contributed by atoms with van der Waals surface area (Å²) in [6, 6.07) is 23.6. The van der Waals surface area contributed by atoms with E-state index in [9.17, 15) is 22.8 Å². The van der Waals surface area contributed by atoms with Gasteiger partial charge in [-0.2, -0.15) is 0 Å². The maximum Gasteiger partial charge on any atom is 0.262 e. The van der Waals surface area contributed by atoms with Crippen molar-refractivity contribution in [1.82, 2.24) is 9.44 Å². The largest absolute Gasteiger partial charge is 0.490 e. The number of carbonyl (C=O) groups excluding carboxylic acids is 3. The van der Waals surface area contributed by atoms with Gasteiger partial charge in [0.2, 0.25) is 0 Å². The lowest BCUT2D eigenvalue weighted by Crippen LogP contribution is -2.57. The predicted molar refractivity (Wildman–Crippen MR) is 383 cm³/mol. The Kier molecular flexibility index (Phi) is 20.6. The van der Waals surface area contributed by atoms with Gasteiger partial charge in [-0.1, -0.05) is 80.1 Å². The Bertz CT molecular complexity index is 3860. The molecule has 2 amide bonds. The number of ether oxygens (including phenoxy) is 5. The predicted octanol–water partition coefficient (Wildman–Crippen LogP) is 13.7. The molecule has 4 aromatic rings. The molecule has 15 atom stereocenters. The number of rotatable bonds is 7. The Morgan fingerprint density at radius 1 is 0.670 bits per heavy atom. The van der Waals surface area contributed by atoms with Crippen molar-refractivity contribution in [2.24, 2.45) is 35.5 Å². The van der Waals surface area contributed by atoms with Crippen molar-refractivity contribution in [2.75, 3.05) is 70.5 Å². The van der Waals surface area contributed by atoms with Crippen LogP contribution in [-0.2, 0) is 62.1 Å². The first-order valence-electron chi connectivity index (χ1n) is 33.9. The zero-order valence-corrected chi connectivity index (χ0v) is 59.7. The van der Waals surface area contributed by atoms with Crippen LogP contribution in [0.3, 0.4) is 0 Å². The molecule has 2 unspecified atom stereocenters. The number of hydrogen-bond donors (Lipinski definition) is 2. The second kappa shape index (κ2) is 27.7. The number of Topliss-reactive ketones (excluding diaryl/α,β-unsaturated/α-hetero) is 1. The molecular formula is C76H98Cl2N4O10S2. The van der Waals surface area contributed by atoms with E-state index in [1.54, 1.807) is 40.4 Å². The molecule has 2 fully saturated rings. The molecule has 0 aromatic heterocycles. The van der Waals surface area contributed by atoms with Gasteiger partial charge in [-0.25, -0.2) is 8.42 Å². The van der Waals surface area contributed by atoms with Crippen LogP contribution in [0.15, 0.2) is 109 Å². The van der Waals surface area contributed by atoms with Gasteiger partial charge in [0.05, 0.1) is 55.7 Å².